The highest BCUT2D eigenvalue weighted by atomic mass is 79.9. The zero-order valence-corrected chi connectivity index (χ0v) is 14.6. The molecule has 0 amide bonds. The van der Waals surface area contributed by atoms with Crippen LogP contribution in [0.5, 0.6) is 0 Å². The standard InChI is InChI=1S/C20H17BrN2O/c21-18-8-6-16(7-9-18)19(15-4-2-1-3-5-15)14-20(23-24)17-10-12-22-13-11-17/h1-13,19,24H,14H2. The Hall–Kier alpha value is -2.46. The van der Waals surface area contributed by atoms with Crippen LogP contribution < -0.4 is 0 Å². The van der Waals surface area contributed by atoms with Crippen LogP contribution >= 0.6 is 15.9 Å². The van der Waals surface area contributed by atoms with Gasteiger partial charge in [-0.05, 0) is 35.4 Å². The van der Waals surface area contributed by atoms with Crippen molar-refractivity contribution < 1.29 is 5.21 Å². The first-order valence-electron chi connectivity index (χ1n) is 7.69. The summed E-state index contributed by atoms with van der Waals surface area (Å²) in [7, 11) is 0. The van der Waals surface area contributed by atoms with Crippen LogP contribution in [0.1, 0.15) is 29.0 Å². The molecule has 0 aliphatic rings. The summed E-state index contributed by atoms with van der Waals surface area (Å²) in [5.41, 5.74) is 3.90. The van der Waals surface area contributed by atoms with Crippen molar-refractivity contribution in [2.45, 2.75) is 12.3 Å². The molecular formula is C20H17BrN2O. The van der Waals surface area contributed by atoms with E-state index >= 15 is 0 Å². The molecule has 0 saturated heterocycles. The molecule has 1 unspecified atom stereocenters. The molecule has 2 aromatic carbocycles. The fourth-order valence-electron chi connectivity index (χ4n) is 2.76. The SMILES string of the molecule is ON=C(CC(c1ccccc1)c1ccc(Br)cc1)c1ccncc1. The number of hydrogen-bond donors (Lipinski definition) is 1. The molecule has 24 heavy (non-hydrogen) atoms. The lowest BCUT2D eigenvalue weighted by atomic mass is 9.85. The number of nitrogens with zero attached hydrogens (tertiary/aromatic N) is 2. The fraction of sp³-hybridized carbons (Fsp3) is 0.100. The Kier molecular flexibility index (Phi) is 5.39. The van der Waals surface area contributed by atoms with Gasteiger partial charge >= 0.3 is 0 Å². The van der Waals surface area contributed by atoms with Gasteiger partial charge in [0.1, 0.15) is 0 Å². The molecule has 4 heteroatoms. The van der Waals surface area contributed by atoms with Gasteiger partial charge in [0.2, 0.25) is 0 Å². The van der Waals surface area contributed by atoms with Crippen LogP contribution in [0.3, 0.4) is 0 Å². The van der Waals surface area contributed by atoms with Crippen LogP contribution in [0.2, 0.25) is 0 Å². The Balaban J connectivity index is 1.97. The van der Waals surface area contributed by atoms with E-state index in [1.165, 1.54) is 11.1 Å². The van der Waals surface area contributed by atoms with Gasteiger partial charge in [-0.2, -0.15) is 0 Å². The number of oxime groups is 1. The summed E-state index contributed by atoms with van der Waals surface area (Å²) in [6, 6.07) is 22.3. The molecule has 0 spiro atoms. The van der Waals surface area contributed by atoms with E-state index in [-0.39, 0.29) is 5.92 Å². The molecule has 1 aromatic heterocycles. The Bertz CT molecular complexity index is 802. The molecule has 3 rings (SSSR count). The summed E-state index contributed by atoms with van der Waals surface area (Å²) in [5.74, 6) is 0.110. The Labute approximate surface area is 149 Å². The summed E-state index contributed by atoms with van der Waals surface area (Å²) in [4.78, 5) is 4.03. The topological polar surface area (TPSA) is 45.5 Å². The van der Waals surface area contributed by atoms with Gasteiger partial charge in [-0.1, -0.05) is 63.6 Å². The van der Waals surface area contributed by atoms with E-state index in [0.717, 1.165) is 10.0 Å². The molecule has 3 nitrogen and oxygen atoms in total. The van der Waals surface area contributed by atoms with E-state index in [4.69, 9.17) is 0 Å². The van der Waals surface area contributed by atoms with Crippen LogP contribution in [0.4, 0.5) is 0 Å². The largest absolute Gasteiger partial charge is 0.411 e. The minimum absolute atomic E-state index is 0.110. The van der Waals surface area contributed by atoms with E-state index < -0.39 is 0 Å². The molecule has 120 valence electrons. The summed E-state index contributed by atoms with van der Waals surface area (Å²) >= 11 is 3.48. The van der Waals surface area contributed by atoms with E-state index in [1.807, 2.05) is 42.5 Å². The van der Waals surface area contributed by atoms with Crippen LogP contribution in [0, 0.1) is 0 Å². The van der Waals surface area contributed by atoms with Gasteiger partial charge in [0.25, 0.3) is 0 Å². The third-order valence-electron chi connectivity index (χ3n) is 4.01. The predicted molar refractivity (Wildman–Crippen MR) is 99.6 cm³/mol. The molecule has 0 radical (unpaired) electrons. The minimum atomic E-state index is 0.110. The van der Waals surface area contributed by atoms with Crippen molar-refractivity contribution >= 4 is 21.6 Å². The summed E-state index contributed by atoms with van der Waals surface area (Å²) in [5, 5.41) is 13.1. The normalized spacial score (nSPS) is 12.8. The van der Waals surface area contributed by atoms with Gasteiger partial charge < -0.3 is 5.21 Å². The molecule has 0 fully saturated rings. The van der Waals surface area contributed by atoms with Crippen molar-refractivity contribution in [1.82, 2.24) is 4.98 Å². The highest BCUT2D eigenvalue weighted by Gasteiger charge is 2.18. The second-order valence-corrected chi connectivity index (χ2v) is 6.42. The van der Waals surface area contributed by atoms with E-state index in [2.05, 4.69) is 50.3 Å². The van der Waals surface area contributed by atoms with Crippen molar-refractivity contribution in [3.63, 3.8) is 0 Å². The molecule has 0 aliphatic heterocycles. The number of benzene rings is 2. The van der Waals surface area contributed by atoms with Gasteiger partial charge in [-0.3, -0.25) is 4.98 Å². The number of rotatable bonds is 5. The zero-order valence-electron chi connectivity index (χ0n) is 13.0. The monoisotopic (exact) mass is 380 g/mol. The van der Waals surface area contributed by atoms with Crippen molar-refractivity contribution in [2.24, 2.45) is 5.16 Å². The lowest BCUT2D eigenvalue weighted by Crippen LogP contribution is -2.10. The fourth-order valence-corrected chi connectivity index (χ4v) is 3.03. The average molecular weight is 381 g/mol. The second kappa shape index (κ2) is 7.88. The Morgan fingerprint density at radius 3 is 2.17 bits per heavy atom. The molecule has 3 aromatic rings. The number of aromatic nitrogens is 1. The quantitative estimate of drug-likeness (QED) is 0.373. The molecule has 0 saturated carbocycles. The third kappa shape index (κ3) is 3.89. The van der Waals surface area contributed by atoms with Crippen molar-refractivity contribution in [3.05, 3.63) is 100 Å². The lowest BCUT2D eigenvalue weighted by Gasteiger charge is -2.19. The smallest absolute Gasteiger partial charge is 0.0878 e. The predicted octanol–water partition coefficient (Wildman–Crippen LogP) is 5.24. The highest BCUT2D eigenvalue weighted by Crippen LogP contribution is 2.30. The second-order valence-electron chi connectivity index (χ2n) is 5.50. The van der Waals surface area contributed by atoms with Gasteiger partial charge in [-0.25, -0.2) is 0 Å². The van der Waals surface area contributed by atoms with Gasteiger partial charge in [0, 0.05) is 34.8 Å². The van der Waals surface area contributed by atoms with Crippen LogP contribution in [0.15, 0.2) is 88.8 Å². The Morgan fingerprint density at radius 2 is 1.54 bits per heavy atom. The van der Waals surface area contributed by atoms with Crippen molar-refractivity contribution in [3.8, 4) is 0 Å². The van der Waals surface area contributed by atoms with Crippen LogP contribution in [-0.4, -0.2) is 15.9 Å². The first kappa shape index (κ1) is 16.4. The maximum atomic E-state index is 9.53. The number of halogens is 1. The molecule has 1 heterocycles. The van der Waals surface area contributed by atoms with E-state index in [9.17, 15) is 5.21 Å². The molecular weight excluding hydrogens is 364 g/mol. The Morgan fingerprint density at radius 1 is 0.917 bits per heavy atom. The van der Waals surface area contributed by atoms with Crippen molar-refractivity contribution in [1.29, 1.82) is 0 Å². The summed E-state index contributed by atoms with van der Waals surface area (Å²) in [6.07, 6.45) is 4.02. The van der Waals surface area contributed by atoms with E-state index in [0.29, 0.717) is 12.1 Å². The number of pyridine rings is 1. The molecule has 1 N–H and O–H groups in total. The first-order valence-corrected chi connectivity index (χ1v) is 8.49. The maximum Gasteiger partial charge on any atom is 0.0878 e. The lowest BCUT2D eigenvalue weighted by molar-refractivity contribution is 0.317. The summed E-state index contributed by atoms with van der Waals surface area (Å²) < 4.78 is 1.04. The maximum absolute atomic E-state index is 9.53. The van der Waals surface area contributed by atoms with E-state index in [1.54, 1.807) is 12.4 Å². The van der Waals surface area contributed by atoms with Crippen LogP contribution in [0.25, 0.3) is 0 Å². The van der Waals surface area contributed by atoms with Gasteiger partial charge in [0.15, 0.2) is 0 Å². The first-order chi connectivity index (χ1) is 11.8. The minimum Gasteiger partial charge on any atom is -0.411 e. The molecule has 0 bridgehead atoms. The summed E-state index contributed by atoms with van der Waals surface area (Å²) in [6.45, 7) is 0. The molecule has 1 atom stereocenters. The number of hydrogen-bond acceptors (Lipinski definition) is 3. The van der Waals surface area contributed by atoms with Crippen molar-refractivity contribution in [2.75, 3.05) is 0 Å². The highest BCUT2D eigenvalue weighted by molar-refractivity contribution is 9.10. The molecule has 0 aliphatic carbocycles. The van der Waals surface area contributed by atoms with Gasteiger partial charge in [-0.15, -0.1) is 0 Å². The average Bonchev–Trinajstić information content (AvgIpc) is 2.65. The van der Waals surface area contributed by atoms with Crippen LogP contribution in [-0.2, 0) is 0 Å². The zero-order chi connectivity index (χ0) is 16.8. The van der Waals surface area contributed by atoms with Gasteiger partial charge in [0.05, 0.1) is 5.71 Å². The third-order valence-corrected chi connectivity index (χ3v) is 4.53.